The predicted molar refractivity (Wildman–Crippen MR) is 64.3 cm³/mol. The molecule has 96 valence electrons. The molecule has 1 saturated carbocycles. The third kappa shape index (κ3) is 2.44. The molecule has 2 N–H and O–H groups in total. The van der Waals surface area contributed by atoms with Crippen molar-refractivity contribution in [1.29, 1.82) is 0 Å². The van der Waals surface area contributed by atoms with Gasteiger partial charge in [0.1, 0.15) is 5.60 Å². The number of anilines is 1. The van der Waals surface area contributed by atoms with E-state index in [1.807, 2.05) is 6.92 Å². The number of hydrogen-bond acceptors (Lipinski definition) is 5. The van der Waals surface area contributed by atoms with Crippen molar-refractivity contribution in [2.45, 2.75) is 52.1 Å². The molecule has 1 aliphatic rings. The van der Waals surface area contributed by atoms with Crippen LogP contribution in [-0.2, 0) is 10.3 Å². The normalized spacial score (nSPS) is 22.5. The number of aromatic nitrogens is 2. The van der Waals surface area contributed by atoms with Crippen LogP contribution in [0.1, 0.15) is 52.3 Å². The Morgan fingerprint density at radius 1 is 1.29 bits per heavy atom. The molecule has 5 heteroatoms. The molecule has 5 nitrogen and oxygen atoms in total. The standard InChI is InChI=1S/C12H21N3O2/c1-4-16-12(9-14-10(13)17-15-9)7-5-11(2,3)6-8-12/h4-8H2,1-3H3,(H2,13,14,15). The van der Waals surface area contributed by atoms with Crippen LogP contribution in [0.4, 0.5) is 6.01 Å². The minimum Gasteiger partial charge on any atom is -0.367 e. The maximum atomic E-state index is 5.92. The summed E-state index contributed by atoms with van der Waals surface area (Å²) in [4.78, 5) is 4.15. The number of nitrogens with zero attached hydrogens (tertiary/aromatic N) is 2. The van der Waals surface area contributed by atoms with Crippen molar-refractivity contribution in [3.05, 3.63) is 5.82 Å². The second-order valence-electron chi connectivity index (χ2n) is 5.55. The van der Waals surface area contributed by atoms with Crippen LogP contribution < -0.4 is 5.73 Å². The van der Waals surface area contributed by atoms with Gasteiger partial charge in [-0.3, -0.25) is 0 Å². The highest BCUT2D eigenvalue weighted by Crippen LogP contribution is 2.46. The lowest BCUT2D eigenvalue weighted by Crippen LogP contribution is -2.38. The van der Waals surface area contributed by atoms with Crippen molar-refractivity contribution in [3.63, 3.8) is 0 Å². The molecule has 1 heterocycles. The summed E-state index contributed by atoms with van der Waals surface area (Å²) in [5.41, 5.74) is 5.47. The zero-order chi connectivity index (χ0) is 12.5. The zero-order valence-electron chi connectivity index (χ0n) is 10.8. The Kier molecular flexibility index (Phi) is 3.12. The Morgan fingerprint density at radius 2 is 1.94 bits per heavy atom. The molecule has 0 radical (unpaired) electrons. The lowest BCUT2D eigenvalue weighted by Gasteiger charge is -2.41. The summed E-state index contributed by atoms with van der Waals surface area (Å²) in [5, 5.41) is 3.94. The highest BCUT2D eigenvalue weighted by molar-refractivity contribution is 5.13. The Labute approximate surface area is 102 Å². The first-order chi connectivity index (χ1) is 7.97. The van der Waals surface area contributed by atoms with Crippen molar-refractivity contribution < 1.29 is 9.26 Å². The lowest BCUT2D eigenvalue weighted by molar-refractivity contribution is -0.0957. The van der Waals surface area contributed by atoms with Gasteiger partial charge in [-0.05, 0) is 38.0 Å². The average Bonchev–Trinajstić information content (AvgIpc) is 2.69. The van der Waals surface area contributed by atoms with E-state index in [0.29, 0.717) is 17.8 Å². The molecule has 0 aromatic carbocycles. The quantitative estimate of drug-likeness (QED) is 0.877. The first-order valence-corrected chi connectivity index (χ1v) is 6.21. The van der Waals surface area contributed by atoms with Crippen molar-refractivity contribution in [2.75, 3.05) is 12.3 Å². The highest BCUT2D eigenvalue weighted by atomic mass is 16.5. The predicted octanol–water partition coefficient (Wildman–Crippen LogP) is 2.48. The molecular formula is C12H21N3O2. The molecule has 0 aliphatic heterocycles. The Morgan fingerprint density at radius 3 is 2.41 bits per heavy atom. The first kappa shape index (κ1) is 12.4. The largest absolute Gasteiger partial charge is 0.367 e. The summed E-state index contributed by atoms with van der Waals surface area (Å²) in [6.45, 7) is 7.21. The van der Waals surface area contributed by atoms with E-state index in [0.717, 1.165) is 25.7 Å². The fraction of sp³-hybridized carbons (Fsp3) is 0.833. The molecule has 0 spiro atoms. The van der Waals surface area contributed by atoms with Gasteiger partial charge in [-0.15, -0.1) is 0 Å². The maximum Gasteiger partial charge on any atom is 0.318 e. The molecule has 1 fully saturated rings. The van der Waals surface area contributed by atoms with Gasteiger partial charge in [-0.1, -0.05) is 19.0 Å². The van der Waals surface area contributed by atoms with Crippen LogP contribution in [0.5, 0.6) is 0 Å². The molecule has 1 aromatic heterocycles. The first-order valence-electron chi connectivity index (χ1n) is 6.21. The Hall–Kier alpha value is -1.10. The third-order valence-corrected chi connectivity index (χ3v) is 3.68. The van der Waals surface area contributed by atoms with E-state index in [2.05, 4.69) is 24.0 Å². The van der Waals surface area contributed by atoms with Crippen molar-refractivity contribution in [1.82, 2.24) is 10.1 Å². The third-order valence-electron chi connectivity index (χ3n) is 3.68. The van der Waals surface area contributed by atoms with Crippen LogP contribution >= 0.6 is 0 Å². The second kappa shape index (κ2) is 4.29. The van der Waals surface area contributed by atoms with E-state index in [4.69, 9.17) is 15.0 Å². The smallest absolute Gasteiger partial charge is 0.318 e. The summed E-state index contributed by atoms with van der Waals surface area (Å²) in [6.07, 6.45) is 4.04. The van der Waals surface area contributed by atoms with Crippen LogP contribution in [0.3, 0.4) is 0 Å². The average molecular weight is 239 g/mol. The Bertz CT molecular complexity index is 377. The molecular weight excluding hydrogens is 218 g/mol. The minimum absolute atomic E-state index is 0.115. The van der Waals surface area contributed by atoms with Gasteiger partial charge in [-0.2, -0.15) is 4.98 Å². The molecule has 2 rings (SSSR count). The van der Waals surface area contributed by atoms with Crippen LogP contribution in [0.2, 0.25) is 0 Å². The minimum atomic E-state index is -0.397. The zero-order valence-corrected chi connectivity index (χ0v) is 10.8. The van der Waals surface area contributed by atoms with E-state index in [1.54, 1.807) is 0 Å². The molecule has 0 bridgehead atoms. The summed E-state index contributed by atoms with van der Waals surface area (Å²) in [5.74, 6) is 0.604. The van der Waals surface area contributed by atoms with Crippen molar-refractivity contribution >= 4 is 6.01 Å². The van der Waals surface area contributed by atoms with E-state index < -0.39 is 5.60 Å². The lowest BCUT2D eigenvalue weighted by atomic mass is 9.70. The van der Waals surface area contributed by atoms with E-state index >= 15 is 0 Å². The molecule has 0 saturated heterocycles. The summed E-state index contributed by atoms with van der Waals surface area (Å²) in [6, 6.07) is 0.115. The van der Waals surface area contributed by atoms with E-state index in [-0.39, 0.29) is 6.01 Å². The molecule has 0 unspecified atom stereocenters. The maximum absolute atomic E-state index is 5.92. The van der Waals surface area contributed by atoms with Gasteiger partial charge >= 0.3 is 6.01 Å². The molecule has 17 heavy (non-hydrogen) atoms. The number of ether oxygens (including phenoxy) is 1. The summed E-state index contributed by atoms with van der Waals surface area (Å²) < 4.78 is 10.8. The van der Waals surface area contributed by atoms with E-state index in [1.165, 1.54) is 0 Å². The topological polar surface area (TPSA) is 74.2 Å². The number of rotatable bonds is 3. The number of nitrogen functional groups attached to an aromatic ring is 1. The van der Waals surface area contributed by atoms with Crippen LogP contribution in [-0.4, -0.2) is 16.7 Å². The van der Waals surface area contributed by atoms with E-state index in [9.17, 15) is 0 Å². The Balaban J connectivity index is 2.22. The molecule has 0 atom stereocenters. The number of nitrogens with two attached hydrogens (primary N) is 1. The summed E-state index contributed by atoms with van der Waals surface area (Å²) in [7, 11) is 0. The molecule has 0 amide bonds. The molecule has 1 aromatic rings. The fourth-order valence-electron chi connectivity index (χ4n) is 2.46. The molecule has 1 aliphatic carbocycles. The van der Waals surface area contributed by atoms with Gasteiger partial charge < -0.3 is 15.0 Å². The second-order valence-corrected chi connectivity index (χ2v) is 5.55. The van der Waals surface area contributed by atoms with Gasteiger partial charge in [0.05, 0.1) is 0 Å². The summed E-state index contributed by atoms with van der Waals surface area (Å²) >= 11 is 0. The van der Waals surface area contributed by atoms with Gasteiger partial charge in [0.2, 0.25) is 5.82 Å². The number of hydrogen-bond donors (Lipinski definition) is 1. The van der Waals surface area contributed by atoms with Gasteiger partial charge in [0, 0.05) is 6.61 Å². The van der Waals surface area contributed by atoms with Gasteiger partial charge in [0.15, 0.2) is 0 Å². The van der Waals surface area contributed by atoms with Gasteiger partial charge in [0.25, 0.3) is 0 Å². The van der Waals surface area contributed by atoms with Gasteiger partial charge in [-0.25, -0.2) is 0 Å². The van der Waals surface area contributed by atoms with Crippen LogP contribution in [0, 0.1) is 5.41 Å². The SMILES string of the molecule is CCOC1(c2noc(N)n2)CCC(C)(C)CC1. The highest BCUT2D eigenvalue weighted by Gasteiger charge is 2.43. The van der Waals surface area contributed by atoms with Crippen molar-refractivity contribution in [2.24, 2.45) is 5.41 Å². The monoisotopic (exact) mass is 239 g/mol. The van der Waals surface area contributed by atoms with Crippen LogP contribution in [0.25, 0.3) is 0 Å². The fourth-order valence-corrected chi connectivity index (χ4v) is 2.46. The van der Waals surface area contributed by atoms with Crippen LogP contribution in [0.15, 0.2) is 4.52 Å². The van der Waals surface area contributed by atoms with Crippen molar-refractivity contribution in [3.8, 4) is 0 Å².